The summed E-state index contributed by atoms with van der Waals surface area (Å²) < 4.78 is 13.1. The fourth-order valence-corrected chi connectivity index (χ4v) is 2.94. The predicted molar refractivity (Wildman–Crippen MR) is 97.9 cm³/mol. The molecule has 0 bridgehead atoms. The number of hydrogen-bond acceptors (Lipinski definition) is 6. The highest BCUT2D eigenvalue weighted by Crippen LogP contribution is 2.36. The number of barbiturate groups is 1. The number of nitrogens with zero attached hydrogens (tertiary/aromatic N) is 2. The molecule has 0 aliphatic carbocycles. The van der Waals surface area contributed by atoms with E-state index in [4.69, 9.17) is 0 Å². The Morgan fingerprint density at radius 3 is 2.43 bits per heavy atom. The number of aromatic hydroxyl groups is 1. The maximum atomic E-state index is 13.1. The molecule has 2 N–H and O–H groups in total. The van der Waals surface area contributed by atoms with Gasteiger partial charge in [-0.2, -0.15) is 0 Å². The van der Waals surface area contributed by atoms with Crippen LogP contribution in [0.3, 0.4) is 0 Å². The van der Waals surface area contributed by atoms with Gasteiger partial charge in [0.15, 0.2) is 0 Å². The Kier molecular flexibility index (Phi) is 4.92. The molecule has 0 saturated carbocycles. The van der Waals surface area contributed by atoms with Crippen molar-refractivity contribution in [2.45, 2.75) is 0 Å². The molecule has 1 aliphatic heterocycles. The van der Waals surface area contributed by atoms with Crippen LogP contribution in [0.15, 0.2) is 46.4 Å². The van der Waals surface area contributed by atoms with Crippen LogP contribution in [0.2, 0.25) is 0 Å². The maximum Gasteiger partial charge on any atom is 0.335 e. The molecule has 2 aromatic carbocycles. The second-order valence-corrected chi connectivity index (χ2v) is 6.42. The molecule has 0 unspecified atom stereocenters. The zero-order chi connectivity index (χ0) is 20.6. The summed E-state index contributed by atoms with van der Waals surface area (Å²) in [6.07, 6.45) is 1.04. The number of halogens is 2. The van der Waals surface area contributed by atoms with E-state index in [1.807, 2.05) is 5.32 Å². The number of carbonyl (C=O) groups excluding carboxylic acids is 3. The Hall–Kier alpha value is -3.60. The molecule has 11 heteroatoms. The fraction of sp³-hybridized carbons (Fsp3) is 0. The van der Waals surface area contributed by atoms with E-state index < -0.39 is 45.6 Å². The average Bonchev–Trinajstić information content (AvgIpc) is 2.62. The molecule has 0 aromatic heterocycles. The standard InChI is InChI=1S/C17H9BrFN3O6/c18-12-6-8(7-13(14(12)23)22(27)28)5-11-15(24)20-17(26)21(16(11)25)10-3-1-9(19)2-4-10/h1-7,23H,(H,20,24,26)/b11-5+. The van der Waals surface area contributed by atoms with Gasteiger partial charge in [0.2, 0.25) is 5.75 Å². The molecule has 9 nitrogen and oxygen atoms in total. The molecular weight excluding hydrogens is 441 g/mol. The minimum atomic E-state index is -1.02. The number of benzene rings is 2. The molecule has 0 spiro atoms. The molecule has 28 heavy (non-hydrogen) atoms. The van der Waals surface area contributed by atoms with E-state index in [9.17, 15) is 34.0 Å². The number of nitro groups is 1. The number of rotatable bonds is 3. The van der Waals surface area contributed by atoms with Crippen LogP contribution >= 0.6 is 15.9 Å². The van der Waals surface area contributed by atoms with E-state index >= 15 is 0 Å². The van der Waals surface area contributed by atoms with Crippen molar-refractivity contribution in [2.24, 2.45) is 0 Å². The van der Waals surface area contributed by atoms with E-state index in [0.29, 0.717) is 4.90 Å². The zero-order valence-corrected chi connectivity index (χ0v) is 15.3. The third-order valence-corrected chi connectivity index (χ3v) is 4.36. The maximum absolute atomic E-state index is 13.1. The van der Waals surface area contributed by atoms with Crippen LogP contribution in [0.1, 0.15) is 5.56 Å². The lowest BCUT2D eigenvalue weighted by Gasteiger charge is -2.26. The van der Waals surface area contributed by atoms with Crippen LogP contribution in [-0.4, -0.2) is 27.9 Å². The van der Waals surface area contributed by atoms with Crippen molar-refractivity contribution in [3.05, 3.63) is 67.9 Å². The molecule has 3 rings (SSSR count). The Balaban J connectivity index is 2.07. The minimum Gasteiger partial charge on any atom is -0.501 e. The molecule has 2 aromatic rings. The van der Waals surface area contributed by atoms with Gasteiger partial charge in [0.1, 0.15) is 11.4 Å². The second-order valence-electron chi connectivity index (χ2n) is 5.56. The van der Waals surface area contributed by atoms with Gasteiger partial charge in [-0.15, -0.1) is 0 Å². The number of imide groups is 2. The van der Waals surface area contributed by atoms with Gasteiger partial charge < -0.3 is 5.11 Å². The highest BCUT2D eigenvalue weighted by atomic mass is 79.9. The number of phenolic OH excluding ortho intramolecular Hbond substituents is 1. The summed E-state index contributed by atoms with van der Waals surface area (Å²) in [5.41, 5.74) is -1.03. The van der Waals surface area contributed by atoms with Crippen LogP contribution in [0.25, 0.3) is 6.08 Å². The predicted octanol–water partition coefficient (Wildman–Crippen LogP) is 2.87. The van der Waals surface area contributed by atoms with E-state index in [1.165, 1.54) is 18.2 Å². The Labute approximate surface area is 164 Å². The average molecular weight is 450 g/mol. The molecule has 1 fully saturated rings. The highest BCUT2D eigenvalue weighted by Gasteiger charge is 2.37. The molecular formula is C17H9BrFN3O6. The zero-order valence-electron chi connectivity index (χ0n) is 13.7. The number of carbonyl (C=O) groups is 3. The van der Waals surface area contributed by atoms with Crippen molar-refractivity contribution in [3.63, 3.8) is 0 Å². The van der Waals surface area contributed by atoms with Crippen molar-refractivity contribution in [2.75, 3.05) is 4.90 Å². The lowest BCUT2D eigenvalue weighted by atomic mass is 10.1. The fourth-order valence-electron chi connectivity index (χ4n) is 2.48. The van der Waals surface area contributed by atoms with Crippen molar-refractivity contribution in [1.82, 2.24) is 5.32 Å². The molecule has 1 aliphatic rings. The first-order valence-corrected chi connectivity index (χ1v) is 8.32. The summed E-state index contributed by atoms with van der Waals surface area (Å²) in [5.74, 6) is -3.19. The summed E-state index contributed by atoms with van der Waals surface area (Å²) in [6.45, 7) is 0. The van der Waals surface area contributed by atoms with Gasteiger partial charge in [0.25, 0.3) is 11.8 Å². The third-order valence-electron chi connectivity index (χ3n) is 3.76. The van der Waals surface area contributed by atoms with Gasteiger partial charge >= 0.3 is 11.7 Å². The molecule has 1 heterocycles. The van der Waals surface area contributed by atoms with Crippen LogP contribution in [0, 0.1) is 15.9 Å². The monoisotopic (exact) mass is 449 g/mol. The van der Waals surface area contributed by atoms with Crippen LogP contribution in [0.5, 0.6) is 5.75 Å². The van der Waals surface area contributed by atoms with Crippen LogP contribution in [0.4, 0.5) is 20.6 Å². The quantitative estimate of drug-likeness (QED) is 0.320. The van der Waals surface area contributed by atoms with Crippen molar-refractivity contribution < 1.29 is 28.8 Å². The first kappa shape index (κ1) is 19.2. The second kappa shape index (κ2) is 7.19. The smallest absolute Gasteiger partial charge is 0.335 e. The van der Waals surface area contributed by atoms with Crippen LogP contribution in [-0.2, 0) is 9.59 Å². The number of urea groups is 1. The van der Waals surface area contributed by atoms with Gasteiger partial charge in [-0.05, 0) is 57.9 Å². The first-order valence-electron chi connectivity index (χ1n) is 7.53. The summed E-state index contributed by atoms with van der Waals surface area (Å²) >= 11 is 2.96. The third kappa shape index (κ3) is 3.47. The van der Waals surface area contributed by atoms with Crippen LogP contribution < -0.4 is 10.2 Å². The summed E-state index contributed by atoms with van der Waals surface area (Å²) in [4.78, 5) is 47.7. The highest BCUT2D eigenvalue weighted by molar-refractivity contribution is 9.10. The van der Waals surface area contributed by atoms with Gasteiger partial charge in [0, 0.05) is 6.07 Å². The molecule has 0 radical (unpaired) electrons. The molecule has 142 valence electrons. The van der Waals surface area contributed by atoms with E-state index in [1.54, 1.807) is 0 Å². The SMILES string of the molecule is O=C1NC(=O)N(c2ccc(F)cc2)C(=O)/C1=C/c1cc(Br)c(O)c([N+](=O)[O-])c1. The summed E-state index contributed by atoms with van der Waals surface area (Å²) in [7, 11) is 0. The minimum absolute atomic E-state index is 0.0244. The number of phenols is 1. The normalized spacial score (nSPS) is 15.7. The number of amides is 4. The van der Waals surface area contributed by atoms with E-state index in [0.717, 1.165) is 24.3 Å². The Bertz CT molecular complexity index is 1070. The van der Waals surface area contributed by atoms with Crippen molar-refractivity contribution in [3.8, 4) is 5.75 Å². The molecule has 4 amide bonds. The van der Waals surface area contributed by atoms with Gasteiger partial charge in [0.05, 0.1) is 15.1 Å². The lowest BCUT2D eigenvalue weighted by molar-refractivity contribution is -0.386. The first-order chi connectivity index (χ1) is 13.2. The van der Waals surface area contributed by atoms with Gasteiger partial charge in [-0.25, -0.2) is 14.1 Å². The van der Waals surface area contributed by atoms with Crippen molar-refractivity contribution >= 4 is 51.2 Å². The van der Waals surface area contributed by atoms with E-state index in [2.05, 4.69) is 15.9 Å². The molecule has 0 atom stereocenters. The van der Waals surface area contributed by atoms with Crippen molar-refractivity contribution in [1.29, 1.82) is 0 Å². The van der Waals surface area contributed by atoms with Gasteiger partial charge in [-0.3, -0.25) is 25.0 Å². The topological polar surface area (TPSA) is 130 Å². The number of anilines is 1. The lowest BCUT2D eigenvalue weighted by Crippen LogP contribution is -2.54. The Morgan fingerprint density at radius 1 is 1.18 bits per heavy atom. The largest absolute Gasteiger partial charge is 0.501 e. The van der Waals surface area contributed by atoms with Gasteiger partial charge in [-0.1, -0.05) is 0 Å². The Morgan fingerprint density at radius 2 is 1.82 bits per heavy atom. The van der Waals surface area contributed by atoms with E-state index in [-0.39, 0.29) is 15.7 Å². The molecule has 1 saturated heterocycles. The summed E-state index contributed by atoms with van der Waals surface area (Å²) in [6, 6.07) is 5.65. The summed E-state index contributed by atoms with van der Waals surface area (Å²) in [5, 5.41) is 22.7. The number of hydrogen-bond donors (Lipinski definition) is 2. The number of nitrogens with one attached hydrogen (secondary N) is 1. The number of nitro benzene ring substituents is 1.